The first kappa shape index (κ1) is 14.6. The molecule has 2 nitrogen and oxygen atoms in total. The summed E-state index contributed by atoms with van der Waals surface area (Å²) in [6.45, 7) is 7.76. The van der Waals surface area contributed by atoms with Crippen LogP contribution in [0.25, 0.3) is 16.8 Å². The van der Waals surface area contributed by atoms with Gasteiger partial charge >= 0.3 is 0 Å². The van der Waals surface area contributed by atoms with Crippen LogP contribution in [0.4, 0.5) is 5.69 Å². The first-order valence-corrected chi connectivity index (χ1v) is 7.60. The molecule has 0 radical (unpaired) electrons. The Kier molecular flexibility index (Phi) is 3.63. The Morgan fingerprint density at radius 2 is 1.91 bits per heavy atom. The van der Waals surface area contributed by atoms with Crippen molar-refractivity contribution in [3.05, 3.63) is 72.8 Å². The Balaban J connectivity index is 2.19. The van der Waals surface area contributed by atoms with Crippen LogP contribution < -0.4 is 11.5 Å². The summed E-state index contributed by atoms with van der Waals surface area (Å²) in [5.74, 6) is 0.213. The van der Waals surface area contributed by atoms with Crippen LogP contribution in [0.2, 0.25) is 0 Å². The molecule has 0 aliphatic heterocycles. The van der Waals surface area contributed by atoms with Crippen LogP contribution in [0.5, 0.6) is 0 Å². The molecule has 2 aromatic carbocycles. The van der Waals surface area contributed by atoms with E-state index in [1.807, 2.05) is 24.3 Å². The highest BCUT2D eigenvalue weighted by atomic mass is 14.8. The molecule has 0 amide bonds. The highest BCUT2D eigenvalue weighted by Crippen LogP contribution is 2.41. The van der Waals surface area contributed by atoms with E-state index in [1.54, 1.807) is 0 Å². The van der Waals surface area contributed by atoms with Crippen LogP contribution in [-0.2, 0) is 0 Å². The third-order valence-corrected chi connectivity index (χ3v) is 4.56. The van der Waals surface area contributed by atoms with Crippen molar-refractivity contribution in [3.63, 3.8) is 0 Å². The highest BCUT2D eigenvalue weighted by Gasteiger charge is 2.35. The lowest BCUT2D eigenvalue weighted by atomic mass is 9.70. The van der Waals surface area contributed by atoms with Crippen molar-refractivity contribution in [3.8, 4) is 0 Å². The van der Waals surface area contributed by atoms with Crippen LogP contribution >= 0.6 is 0 Å². The average molecular weight is 290 g/mol. The maximum atomic E-state index is 6.66. The van der Waals surface area contributed by atoms with Crippen molar-refractivity contribution in [1.29, 1.82) is 0 Å². The largest absolute Gasteiger partial charge is 0.399 e. The first-order valence-electron chi connectivity index (χ1n) is 7.60. The number of nitrogens with two attached hydrogens (primary N) is 2. The second-order valence-electron chi connectivity index (χ2n) is 6.10. The molecule has 0 spiro atoms. The standard InChI is InChI=1S/C20H22N2/c1-3-5-19-18-13-14-6-7-17(21)12-16(14)11-15(18)8-10-20(19,22)9-4-2/h3-4,6-8,10-13,19H,1-2,5,9,21-22H2. The fourth-order valence-corrected chi connectivity index (χ4v) is 3.42. The Labute approximate surface area is 131 Å². The molecule has 112 valence electrons. The number of hydrogen-bond acceptors (Lipinski definition) is 2. The zero-order valence-electron chi connectivity index (χ0n) is 12.8. The quantitative estimate of drug-likeness (QED) is 0.648. The van der Waals surface area contributed by atoms with Crippen LogP contribution in [-0.4, -0.2) is 5.54 Å². The molecule has 2 unspecified atom stereocenters. The minimum Gasteiger partial charge on any atom is -0.399 e. The molecular weight excluding hydrogens is 268 g/mol. The summed E-state index contributed by atoms with van der Waals surface area (Å²) in [5, 5.41) is 2.35. The Morgan fingerprint density at radius 3 is 2.64 bits per heavy atom. The van der Waals surface area contributed by atoms with Gasteiger partial charge in [0.25, 0.3) is 0 Å². The van der Waals surface area contributed by atoms with E-state index in [2.05, 4.69) is 43.5 Å². The van der Waals surface area contributed by atoms with Gasteiger partial charge in [-0.2, -0.15) is 0 Å². The summed E-state index contributed by atoms with van der Waals surface area (Å²) in [5.41, 5.74) is 15.4. The van der Waals surface area contributed by atoms with E-state index in [0.717, 1.165) is 23.9 Å². The van der Waals surface area contributed by atoms with E-state index in [-0.39, 0.29) is 5.92 Å². The summed E-state index contributed by atoms with van der Waals surface area (Å²) in [6, 6.07) is 10.5. The van der Waals surface area contributed by atoms with Gasteiger partial charge < -0.3 is 11.5 Å². The SMILES string of the molecule is C=CCC1c2cc3ccc(N)cc3cc2C=CC1(N)CC=C. The predicted octanol–water partition coefficient (Wildman–Crippen LogP) is 4.38. The number of fused-ring (bicyclic) bond motifs is 2. The van der Waals surface area contributed by atoms with Gasteiger partial charge in [0.1, 0.15) is 0 Å². The van der Waals surface area contributed by atoms with Crippen LogP contribution in [0.15, 0.2) is 61.7 Å². The molecule has 3 rings (SSSR count). The minimum absolute atomic E-state index is 0.213. The minimum atomic E-state index is -0.398. The fraction of sp³-hybridized carbons (Fsp3) is 0.200. The lowest BCUT2D eigenvalue weighted by Gasteiger charge is -2.38. The van der Waals surface area contributed by atoms with E-state index in [4.69, 9.17) is 11.5 Å². The molecule has 2 atom stereocenters. The molecule has 0 saturated carbocycles. The summed E-state index contributed by atoms with van der Waals surface area (Å²) >= 11 is 0. The molecule has 1 aliphatic rings. The van der Waals surface area contributed by atoms with E-state index in [0.29, 0.717) is 0 Å². The molecule has 1 aliphatic carbocycles. The number of anilines is 1. The van der Waals surface area contributed by atoms with Gasteiger partial charge in [0.15, 0.2) is 0 Å². The maximum Gasteiger partial charge on any atom is 0.0449 e. The summed E-state index contributed by atoms with van der Waals surface area (Å²) in [7, 11) is 0. The van der Waals surface area contributed by atoms with E-state index in [1.165, 1.54) is 16.5 Å². The molecule has 4 N–H and O–H groups in total. The number of nitrogen functional groups attached to an aromatic ring is 1. The third kappa shape index (κ3) is 2.36. The second kappa shape index (κ2) is 5.47. The number of hydrogen-bond donors (Lipinski definition) is 2. The van der Waals surface area contributed by atoms with Gasteiger partial charge in [-0.15, -0.1) is 13.2 Å². The summed E-state index contributed by atoms with van der Waals surface area (Å²) in [6.07, 6.45) is 9.69. The van der Waals surface area contributed by atoms with Crippen molar-refractivity contribution in [2.75, 3.05) is 5.73 Å². The Morgan fingerprint density at radius 1 is 1.09 bits per heavy atom. The van der Waals surface area contributed by atoms with Gasteiger partial charge in [-0.1, -0.05) is 36.4 Å². The van der Waals surface area contributed by atoms with Crippen molar-refractivity contribution in [1.82, 2.24) is 0 Å². The molecule has 0 heterocycles. The Hall–Kier alpha value is -2.32. The molecule has 0 aromatic heterocycles. The van der Waals surface area contributed by atoms with Gasteiger partial charge in [-0.3, -0.25) is 0 Å². The zero-order valence-corrected chi connectivity index (χ0v) is 12.8. The normalized spacial score (nSPS) is 23.2. The smallest absolute Gasteiger partial charge is 0.0449 e. The fourth-order valence-electron chi connectivity index (χ4n) is 3.42. The third-order valence-electron chi connectivity index (χ3n) is 4.56. The van der Waals surface area contributed by atoms with Crippen molar-refractivity contribution >= 4 is 22.5 Å². The topological polar surface area (TPSA) is 52.0 Å². The second-order valence-corrected chi connectivity index (χ2v) is 6.10. The monoisotopic (exact) mass is 290 g/mol. The predicted molar refractivity (Wildman–Crippen MR) is 96.7 cm³/mol. The number of benzene rings is 2. The summed E-state index contributed by atoms with van der Waals surface area (Å²) in [4.78, 5) is 0. The van der Waals surface area contributed by atoms with Gasteiger partial charge in [-0.25, -0.2) is 0 Å². The molecule has 0 saturated heterocycles. The number of allylic oxidation sites excluding steroid dienone is 1. The van der Waals surface area contributed by atoms with Crippen molar-refractivity contribution in [2.45, 2.75) is 24.3 Å². The van der Waals surface area contributed by atoms with Crippen molar-refractivity contribution < 1.29 is 0 Å². The lowest BCUT2D eigenvalue weighted by molar-refractivity contribution is 0.425. The van der Waals surface area contributed by atoms with Gasteiger partial charge in [-0.05, 0) is 52.9 Å². The molecule has 0 bridgehead atoms. The van der Waals surface area contributed by atoms with Gasteiger partial charge in [0, 0.05) is 17.1 Å². The van der Waals surface area contributed by atoms with Crippen molar-refractivity contribution in [2.24, 2.45) is 5.73 Å². The lowest BCUT2D eigenvalue weighted by Crippen LogP contribution is -2.45. The Bertz CT molecular complexity index is 773. The van der Waals surface area contributed by atoms with E-state index in [9.17, 15) is 0 Å². The number of rotatable bonds is 4. The van der Waals surface area contributed by atoms with Crippen LogP contribution in [0.1, 0.15) is 29.9 Å². The summed E-state index contributed by atoms with van der Waals surface area (Å²) < 4.78 is 0. The molecule has 2 heteroatoms. The van der Waals surface area contributed by atoms with E-state index < -0.39 is 5.54 Å². The van der Waals surface area contributed by atoms with Crippen LogP contribution in [0.3, 0.4) is 0 Å². The molecular formula is C20H22N2. The highest BCUT2D eigenvalue weighted by molar-refractivity contribution is 5.89. The van der Waals surface area contributed by atoms with Gasteiger partial charge in [0.2, 0.25) is 0 Å². The zero-order chi connectivity index (χ0) is 15.7. The van der Waals surface area contributed by atoms with E-state index >= 15 is 0 Å². The van der Waals surface area contributed by atoms with Crippen LogP contribution in [0, 0.1) is 0 Å². The molecule has 2 aromatic rings. The maximum absolute atomic E-state index is 6.66. The first-order chi connectivity index (χ1) is 10.6. The molecule has 0 fully saturated rings. The van der Waals surface area contributed by atoms with Gasteiger partial charge in [0.05, 0.1) is 0 Å². The average Bonchev–Trinajstić information content (AvgIpc) is 2.49. The molecule has 22 heavy (non-hydrogen) atoms.